The van der Waals surface area contributed by atoms with E-state index in [9.17, 15) is 4.79 Å². The highest BCUT2D eigenvalue weighted by Gasteiger charge is 2.10. The number of carbonyl (C=O) groups is 1. The molecule has 2 aromatic rings. The van der Waals surface area contributed by atoms with Crippen LogP contribution < -0.4 is 10.6 Å². The average Bonchev–Trinajstić information content (AvgIpc) is 2.96. The van der Waals surface area contributed by atoms with Crippen LogP contribution in [-0.2, 0) is 6.54 Å². The van der Waals surface area contributed by atoms with Gasteiger partial charge in [0.05, 0.1) is 6.54 Å². The highest BCUT2D eigenvalue weighted by Crippen LogP contribution is 2.15. The predicted octanol–water partition coefficient (Wildman–Crippen LogP) is 1.26. The number of hydrogen-bond acceptors (Lipinski definition) is 5. The number of aromatic amines is 1. The fourth-order valence-corrected chi connectivity index (χ4v) is 1.81. The van der Waals surface area contributed by atoms with Gasteiger partial charge in [0.2, 0.25) is 0 Å². The van der Waals surface area contributed by atoms with E-state index in [1.165, 1.54) is 0 Å². The Kier molecular flexibility index (Phi) is 4.65. The quantitative estimate of drug-likeness (QED) is 0.737. The van der Waals surface area contributed by atoms with Crippen LogP contribution in [0.25, 0.3) is 0 Å². The fraction of sp³-hybridized carbons (Fsp3) is 0.385. The van der Waals surface area contributed by atoms with Gasteiger partial charge < -0.3 is 10.6 Å². The van der Waals surface area contributed by atoms with Crippen molar-refractivity contribution in [3.05, 3.63) is 35.2 Å². The lowest BCUT2D eigenvalue weighted by molar-refractivity contribution is 0.0949. The van der Waals surface area contributed by atoms with Gasteiger partial charge in [-0.25, -0.2) is 0 Å². The Morgan fingerprint density at radius 1 is 1.40 bits per heavy atom. The minimum absolute atomic E-state index is 0.144. The van der Waals surface area contributed by atoms with Gasteiger partial charge in [-0.05, 0) is 37.1 Å². The lowest BCUT2D eigenvalue weighted by Gasteiger charge is -2.10. The van der Waals surface area contributed by atoms with Gasteiger partial charge in [0.15, 0.2) is 5.82 Å². The van der Waals surface area contributed by atoms with Crippen LogP contribution in [0.1, 0.15) is 35.1 Å². The summed E-state index contributed by atoms with van der Waals surface area (Å²) in [5, 5.41) is 19.4. The Morgan fingerprint density at radius 3 is 2.90 bits per heavy atom. The van der Waals surface area contributed by atoms with Gasteiger partial charge in [0.25, 0.3) is 5.91 Å². The number of rotatable bonds is 6. The molecule has 3 N–H and O–H groups in total. The number of nitrogens with one attached hydrogen (secondary N) is 3. The lowest BCUT2D eigenvalue weighted by atomic mass is 10.1. The minimum atomic E-state index is -0.144. The second-order valence-electron chi connectivity index (χ2n) is 4.47. The first-order chi connectivity index (χ1) is 9.70. The maximum absolute atomic E-state index is 12.1. The molecule has 0 unspecified atom stereocenters. The summed E-state index contributed by atoms with van der Waals surface area (Å²) in [4.78, 5) is 12.1. The van der Waals surface area contributed by atoms with Crippen LogP contribution in [0.3, 0.4) is 0 Å². The van der Waals surface area contributed by atoms with Crippen molar-refractivity contribution in [3.8, 4) is 0 Å². The number of anilines is 1. The van der Waals surface area contributed by atoms with Crippen LogP contribution in [0.4, 0.5) is 5.69 Å². The molecule has 0 saturated heterocycles. The van der Waals surface area contributed by atoms with Gasteiger partial charge in [-0.3, -0.25) is 4.79 Å². The zero-order valence-electron chi connectivity index (χ0n) is 11.6. The Labute approximate surface area is 117 Å². The second kappa shape index (κ2) is 6.65. The van der Waals surface area contributed by atoms with Crippen molar-refractivity contribution in [1.82, 2.24) is 25.9 Å². The van der Waals surface area contributed by atoms with Crippen molar-refractivity contribution in [2.75, 3.05) is 11.9 Å². The molecule has 0 aliphatic heterocycles. The molecule has 0 bridgehead atoms. The van der Waals surface area contributed by atoms with E-state index in [2.05, 4.69) is 38.2 Å². The molecule has 0 atom stereocenters. The summed E-state index contributed by atoms with van der Waals surface area (Å²) in [6.07, 6.45) is 1.06. The molecule has 7 heteroatoms. The molecule has 1 amide bonds. The third-order valence-corrected chi connectivity index (χ3v) is 2.85. The van der Waals surface area contributed by atoms with Crippen LogP contribution in [0, 0.1) is 6.92 Å². The molecule has 106 valence electrons. The summed E-state index contributed by atoms with van der Waals surface area (Å²) < 4.78 is 0. The maximum atomic E-state index is 12.1. The molecule has 0 aliphatic carbocycles. The Hall–Kier alpha value is -2.44. The molecule has 1 aromatic heterocycles. The monoisotopic (exact) mass is 274 g/mol. The first-order valence-electron chi connectivity index (χ1n) is 6.55. The molecule has 0 saturated carbocycles. The number of tetrazole rings is 1. The lowest BCUT2D eigenvalue weighted by Crippen LogP contribution is -2.24. The second-order valence-corrected chi connectivity index (χ2v) is 4.47. The van der Waals surface area contributed by atoms with Crippen molar-refractivity contribution in [3.63, 3.8) is 0 Å². The highest BCUT2D eigenvalue weighted by atomic mass is 16.1. The average molecular weight is 274 g/mol. The van der Waals surface area contributed by atoms with Crippen molar-refractivity contribution in [2.24, 2.45) is 0 Å². The number of nitrogens with zero attached hydrogens (tertiary/aromatic N) is 3. The number of benzene rings is 1. The smallest absolute Gasteiger partial charge is 0.251 e. The van der Waals surface area contributed by atoms with E-state index in [0.29, 0.717) is 11.4 Å². The maximum Gasteiger partial charge on any atom is 0.251 e. The van der Waals surface area contributed by atoms with Gasteiger partial charge in [-0.1, -0.05) is 12.1 Å². The summed E-state index contributed by atoms with van der Waals surface area (Å²) in [6.45, 7) is 5.20. The summed E-state index contributed by atoms with van der Waals surface area (Å²) in [6, 6.07) is 5.70. The first kappa shape index (κ1) is 14.0. The number of aryl methyl sites for hydroxylation is 1. The van der Waals surface area contributed by atoms with Crippen molar-refractivity contribution in [1.29, 1.82) is 0 Å². The molecule has 0 radical (unpaired) electrons. The third kappa shape index (κ3) is 3.53. The number of hydrogen-bond donors (Lipinski definition) is 3. The van der Waals surface area contributed by atoms with E-state index in [4.69, 9.17) is 0 Å². The van der Waals surface area contributed by atoms with E-state index in [1.807, 2.05) is 25.1 Å². The molecular formula is C13H18N6O. The van der Waals surface area contributed by atoms with Gasteiger partial charge >= 0.3 is 0 Å². The van der Waals surface area contributed by atoms with Crippen molar-refractivity contribution in [2.45, 2.75) is 26.8 Å². The summed E-state index contributed by atoms with van der Waals surface area (Å²) in [5.41, 5.74) is 2.60. The largest absolute Gasteiger partial charge is 0.385 e. The van der Waals surface area contributed by atoms with Crippen LogP contribution in [0.15, 0.2) is 18.2 Å². The minimum Gasteiger partial charge on any atom is -0.385 e. The fourth-order valence-electron chi connectivity index (χ4n) is 1.81. The van der Waals surface area contributed by atoms with Gasteiger partial charge in [-0.15, -0.1) is 10.2 Å². The SMILES string of the molecule is CCCNc1ccc(C(=O)NCc2nn[nH]n2)c(C)c1. The van der Waals surface area contributed by atoms with E-state index >= 15 is 0 Å². The molecule has 0 fully saturated rings. The van der Waals surface area contributed by atoms with Gasteiger partial charge in [0.1, 0.15) is 0 Å². The number of aromatic nitrogens is 4. The first-order valence-corrected chi connectivity index (χ1v) is 6.55. The number of amides is 1. The molecule has 0 spiro atoms. The molecular weight excluding hydrogens is 256 g/mol. The van der Waals surface area contributed by atoms with E-state index in [-0.39, 0.29) is 12.5 Å². The third-order valence-electron chi connectivity index (χ3n) is 2.85. The van der Waals surface area contributed by atoms with Crippen LogP contribution in [0.5, 0.6) is 0 Å². The summed E-state index contributed by atoms with van der Waals surface area (Å²) in [7, 11) is 0. The molecule has 20 heavy (non-hydrogen) atoms. The van der Waals surface area contributed by atoms with Crippen LogP contribution in [-0.4, -0.2) is 33.1 Å². The van der Waals surface area contributed by atoms with Crippen LogP contribution >= 0.6 is 0 Å². The Balaban J connectivity index is 1.98. The zero-order valence-corrected chi connectivity index (χ0v) is 11.6. The Morgan fingerprint density at radius 2 is 2.25 bits per heavy atom. The standard InChI is InChI=1S/C13H18N6O/c1-3-6-14-10-4-5-11(9(2)7-10)13(20)15-8-12-16-18-19-17-12/h4-5,7,14H,3,6,8H2,1-2H3,(H,15,20)(H,16,17,18,19). The van der Waals surface area contributed by atoms with Crippen molar-refractivity contribution >= 4 is 11.6 Å². The molecule has 1 heterocycles. The summed E-state index contributed by atoms with van der Waals surface area (Å²) >= 11 is 0. The Bertz CT molecular complexity index is 566. The molecule has 1 aromatic carbocycles. The molecule has 2 rings (SSSR count). The normalized spacial score (nSPS) is 10.3. The summed E-state index contributed by atoms with van der Waals surface area (Å²) in [5.74, 6) is 0.312. The van der Waals surface area contributed by atoms with Crippen LogP contribution in [0.2, 0.25) is 0 Å². The van der Waals surface area contributed by atoms with Gasteiger partial charge in [-0.2, -0.15) is 5.21 Å². The van der Waals surface area contributed by atoms with E-state index < -0.39 is 0 Å². The zero-order chi connectivity index (χ0) is 14.4. The number of H-pyrrole nitrogens is 1. The van der Waals surface area contributed by atoms with E-state index in [0.717, 1.165) is 24.2 Å². The van der Waals surface area contributed by atoms with Crippen molar-refractivity contribution < 1.29 is 4.79 Å². The molecule has 7 nitrogen and oxygen atoms in total. The number of carbonyl (C=O) groups excluding carboxylic acids is 1. The van der Waals surface area contributed by atoms with E-state index in [1.54, 1.807) is 0 Å². The molecule has 0 aliphatic rings. The topological polar surface area (TPSA) is 95.6 Å². The highest BCUT2D eigenvalue weighted by molar-refractivity contribution is 5.95. The van der Waals surface area contributed by atoms with Gasteiger partial charge in [0, 0.05) is 17.8 Å². The predicted molar refractivity (Wildman–Crippen MR) is 75.3 cm³/mol.